The van der Waals surface area contributed by atoms with Gasteiger partial charge in [0.05, 0.1) is 12.6 Å². The summed E-state index contributed by atoms with van der Waals surface area (Å²) in [4.78, 5) is 14.7. The zero-order chi connectivity index (χ0) is 24.3. The highest BCUT2D eigenvalue weighted by atomic mass is 79.9. The Labute approximate surface area is 218 Å². The number of likely N-dealkylation sites (tertiary alicyclic amines) is 1. The Morgan fingerprint density at radius 3 is 2.47 bits per heavy atom. The number of piperidine rings is 1. The molecule has 1 amide bonds. The third-order valence-electron chi connectivity index (χ3n) is 6.02. The fourth-order valence-corrected chi connectivity index (χ4v) is 5.97. The number of rotatable bonds is 5. The molecule has 1 saturated heterocycles. The lowest BCUT2D eigenvalue weighted by atomic mass is 9.93. The fraction of sp³-hybridized carbons (Fsp3) is 0.500. The molecule has 4 rings (SSSR count). The molecule has 184 valence electrons. The summed E-state index contributed by atoms with van der Waals surface area (Å²) in [5.41, 5.74) is 1.76. The van der Waals surface area contributed by atoms with Gasteiger partial charge in [-0.1, -0.05) is 50.1 Å². The van der Waals surface area contributed by atoms with E-state index in [0.717, 1.165) is 51.8 Å². The molecule has 2 aromatic carbocycles. The second-order valence-electron chi connectivity index (χ2n) is 9.88. The number of alkyl carbamates (subject to hydrolysis) is 1. The van der Waals surface area contributed by atoms with E-state index in [1.807, 2.05) is 39.0 Å². The molecule has 0 saturated carbocycles. The summed E-state index contributed by atoms with van der Waals surface area (Å²) in [7, 11) is 0. The topological polar surface area (TPSA) is 60.0 Å². The van der Waals surface area contributed by atoms with Crippen LogP contribution in [0.15, 0.2) is 51.4 Å². The highest BCUT2D eigenvalue weighted by Crippen LogP contribution is 2.39. The second-order valence-corrected chi connectivity index (χ2v) is 11.7. The monoisotopic (exact) mass is 594 g/mol. The van der Waals surface area contributed by atoms with E-state index in [4.69, 9.17) is 14.2 Å². The third kappa shape index (κ3) is 6.74. The molecule has 1 N–H and O–H groups in total. The number of para-hydroxylation sites is 1. The number of carbonyl (C=O) groups excluding carboxylic acids is 1. The molecule has 34 heavy (non-hydrogen) atoms. The Hall–Kier alpha value is -1.61. The average molecular weight is 596 g/mol. The van der Waals surface area contributed by atoms with Crippen LogP contribution < -0.4 is 10.1 Å². The molecular weight excluding hydrogens is 564 g/mol. The van der Waals surface area contributed by atoms with Gasteiger partial charge < -0.3 is 19.5 Å². The van der Waals surface area contributed by atoms with Crippen LogP contribution in [0.5, 0.6) is 5.75 Å². The summed E-state index contributed by atoms with van der Waals surface area (Å²) in [6.45, 7) is 8.37. The van der Waals surface area contributed by atoms with Gasteiger partial charge in [-0.25, -0.2) is 4.79 Å². The molecule has 0 aromatic heterocycles. The zero-order valence-corrected chi connectivity index (χ0v) is 23.0. The maximum absolute atomic E-state index is 12.2. The molecule has 8 heteroatoms. The Bertz CT molecular complexity index is 982. The molecule has 2 heterocycles. The number of halogens is 2. The van der Waals surface area contributed by atoms with Gasteiger partial charge in [-0.05, 0) is 63.4 Å². The van der Waals surface area contributed by atoms with Crippen molar-refractivity contribution in [1.82, 2.24) is 10.2 Å². The SMILES string of the molecule is CC(C)(C)OC(=O)NC1CCN([C@H]2c3ccccc3OC[C@@H]2OCc2cc(Br)cc(Br)c2)CC1. The van der Waals surface area contributed by atoms with Crippen molar-refractivity contribution in [2.75, 3.05) is 19.7 Å². The van der Waals surface area contributed by atoms with Gasteiger partial charge in [0.1, 0.15) is 24.1 Å². The largest absolute Gasteiger partial charge is 0.490 e. The van der Waals surface area contributed by atoms with Crippen molar-refractivity contribution in [3.63, 3.8) is 0 Å². The zero-order valence-electron chi connectivity index (χ0n) is 19.9. The molecule has 2 aromatic rings. The van der Waals surface area contributed by atoms with Crippen LogP contribution in [0.2, 0.25) is 0 Å². The van der Waals surface area contributed by atoms with Crippen molar-refractivity contribution in [1.29, 1.82) is 0 Å². The summed E-state index contributed by atoms with van der Waals surface area (Å²) < 4.78 is 20.0. The van der Waals surface area contributed by atoms with Crippen LogP contribution in [0, 0.1) is 0 Å². The summed E-state index contributed by atoms with van der Waals surface area (Å²) in [5, 5.41) is 3.03. The van der Waals surface area contributed by atoms with Gasteiger partial charge in [-0.2, -0.15) is 0 Å². The molecule has 2 aliphatic heterocycles. The van der Waals surface area contributed by atoms with Crippen LogP contribution in [-0.2, 0) is 16.1 Å². The Morgan fingerprint density at radius 1 is 1.12 bits per heavy atom. The highest BCUT2D eigenvalue weighted by molar-refractivity contribution is 9.11. The molecule has 0 bridgehead atoms. The Morgan fingerprint density at radius 2 is 1.79 bits per heavy atom. The first-order valence-electron chi connectivity index (χ1n) is 11.7. The summed E-state index contributed by atoms with van der Waals surface area (Å²) in [6.07, 6.45) is 1.29. The second kappa shape index (κ2) is 11.0. The Balaban J connectivity index is 1.43. The molecule has 1 fully saturated rings. The minimum atomic E-state index is -0.495. The number of ether oxygens (including phenoxy) is 3. The van der Waals surface area contributed by atoms with Gasteiger partial charge in [0.25, 0.3) is 0 Å². The van der Waals surface area contributed by atoms with Gasteiger partial charge in [-0.15, -0.1) is 0 Å². The predicted molar refractivity (Wildman–Crippen MR) is 139 cm³/mol. The standard InChI is InChI=1S/C26H32Br2N2O4/c1-26(2,3)34-25(31)29-20-8-10-30(11-9-20)24-21-6-4-5-7-22(21)33-16-23(24)32-15-17-12-18(27)14-19(28)13-17/h4-7,12-14,20,23-24H,8-11,15-16H2,1-3H3,(H,29,31)/t23-,24-/m0/s1. The van der Waals surface area contributed by atoms with Crippen molar-refractivity contribution < 1.29 is 19.0 Å². The maximum Gasteiger partial charge on any atom is 0.407 e. The van der Waals surface area contributed by atoms with E-state index in [-0.39, 0.29) is 24.3 Å². The first kappa shape index (κ1) is 25.5. The fourth-order valence-electron chi connectivity index (χ4n) is 4.58. The molecule has 0 unspecified atom stereocenters. The van der Waals surface area contributed by atoms with E-state index in [2.05, 4.69) is 66.3 Å². The number of benzene rings is 2. The van der Waals surface area contributed by atoms with Crippen LogP contribution in [-0.4, -0.2) is 48.4 Å². The van der Waals surface area contributed by atoms with Gasteiger partial charge in [0, 0.05) is 33.6 Å². The molecule has 0 radical (unpaired) electrons. The lowest BCUT2D eigenvalue weighted by Crippen LogP contribution is -2.50. The average Bonchev–Trinajstić information content (AvgIpc) is 2.76. The molecule has 6 nitrogen and oxygen atoms in total. The van der Waals surface area contributed by atoms with E-state index in [1.54, 1.807) is 0 Å². The predicted octanol–water partition coefficient (Wildman–Crippen LogP) is 6.22. The lowest BCUT2D eigenvalue weighted by molar-refractivity contribution is -0.0647. The van der Waals surface area contributed by atoms with Crippen molar-refractivity contribution in [2.24, 2.45) is 0 Å². The van der Waals surface area contributed by atoms with Crippen molar-refractivity contribution >= 4 is 38.0 Å². The quantitative estimate of drug-likeness (QED) is 0.445. The number of nitrogens with one attached hydrogen (secondary N) is 1. The van der Waals surface area contributed by atoms with Crippen LogP contribution in [0.1, 0.15) is 50.8 Å². The van der Waals surface area contributed by atoms with E-state index >= 15 is 0 Å². The van der Waals surface area contributed by atoms with Gasteiger partial charge in [0.2, 0.25) is 0 Å². The van der Waals surface area contributed by atoms with E-state index in [0.29, 0.717) is 13.2 Å². The van der Waals surface area contributed by atoms with Crippen molar-refractivity contribution in [3.05, 3.63) is 62.5 Å². The van der Waals surface area contributed by atoms with Gasteiger partial charge in [0.15, 0.2) is 0 Å². The minimum Gasteiger partial charge on any atom is -0.490 e. The smallest absolute Gasteiger partial charge is 0.407 e. The minimum absolute atomic E-state index is 0.0944. The van der Waals surface area contributed by atoms with E-state index in [9.17, 15) is 4.79 Å². The molecule has 2 aliphatic rings. The van der Waals surface area contributed by atoms with Crippen molar-refractivity contribution in [3.8, 4) is 5.75 Å². The first-order chi connectivity index (χ1) is 16.2. The maximum atomic E-state index is 12.2. The number of nitrogens with zero attached hydrogens (tertiary/aromatic N) is 1. The van der Waals surface area contributed by atoms with Crippen LogP contribution in [0.3, 0.4) is 0 Å². The molecular formula is C26H32Br2N2O4. The molecule has 2 atom stereocenters. The third-order valence-corrected chi connectivity index (χ3v) is 6.94. The van der Waals surface area contributed by atoms with Crippen molar-refractivity contribution in [2.45, 2.75) is 64.0 Å². The normalized spacial score (nSPS) is 21.4. The Kier molecular flexibility index (Phi) is 8.23. The molecule has 0 spiro atoms. The summed E-state index contributed by atoms with van der Waals surface area (Å²) >= 11 is 7.11. The number of hydrogen-bond donors (Lipinski definition) is 1. The lowest BCUT2D eigenvalue weighted by Gasteiger charge is -2.43. The highest BCUT2D eigenvalue weighted by Gasteiger charge is 2.38. The van der Waals surface area contributed by atoms with Crippen LogP contribution >= 0.6 is 31.9 Å². The molecule has 0 aliphatic carbocycles. The van der Waals surface area contributed by atoms with Crippen LogP contribution in [0.4, 0.5) is 4.79 Å². The van der Waals surface area contributed by atoms with Gasteiger partial charge >= 0.3 is 6.09 Å². The summed E-state index contributed by atoms with van der Waals surface area (Å²) in [6, 6.07) is 14.6. The van der Waals surface area contributed by atoms with E-state index < -0.39 is 5.60 Å². The summed E-state index contributed by atoms with van der Waals surface area (Å²) in [5.74, 6) is 0.923. The number of amides is 1. The first-order valence-corrected chi connectivity index (χ1v) is 13.3. The van der Waals surface area contributed by atoms with Crippen LogP contribution in [0.25, 0.3) is 0 Å². The van der Waals surface area contributed by atoms with E-state index in [1.165, 1.54) is 0 Å². The van der Waals surface area contributed by atoms with Gasteiger partial charge in [-0.3, -0.25) is 4.90 Å². The number of hydrogen-bond acceptors (Lipinski definition) is 5. The number of carbonyl (C=O) groups is 1. The number of fused-ring (bicyclic) bond motifs is 1.